The van der Waals surface area contributed by atoms with Gasteiger partial charge in [-0.05, 0) is 46.3 Å². The van der Waals surface area contributed by atoms with E-state index in [-0.39, 0.29) is 4.90 Å². The second-order valence-corrected chi connectivity index (χ2v) is 7.31. The molecule has 0 saturated heterocycles. The predicted octanol–water partition coefficient (Wildman–Crippen LogP) is 2.90. The topological polar surface area (TPSA) is 62.6 Å². The van der Waals surface area contributed by atoms with Crippen molar-refractivity contribution in [1.29, 1.82) is 0 Å². The highest BCUT2D eigenvalue weighted by Crippen LogP contribution is 2.19. The number of rotatable bonds is 5. The van der Waals surface area contributed by atoms with Crippen molar-refractivity contribution in [2.24, 2.45) is 0 Å². The molecule has 1 aromatic carbocycles. The van der Waals surface area contributed by atoms with Crippen molar-refractivity contribution in [3.63, 3.8) is 0 Å². The van der Waals surface area contributed by atoms with Gasteiger partial charge >= 0.3 is 0 Å². The van der Waals surface area contributed by atoms with Gasteiger partial charge in [0.05, 0.1) is 11.4 Å². The predicted molar refractivity (Wildman–Crippen MR) is 81.0 cm³/mol. The van der Waals surface area contributed by atoms with Crippen LogP contribution in [0.3, 0.4) is 0 Å². The lowest BCUT2D eigenvalue weighted by atomic mass is 10.3. The van der Waals surface area contributed by atoms with Gasteiger partial charge in [-0.25, -0.2) is 12.7 Å². The van der Waals surface area contributed by atoms with E-state index >= 15 is 0 Å². The van der Waals surface area contributed by atoms with Crippen molar-refractivity contribution in [2.45, 2.75) is 11.4 Å². The van der Waals surface area contributed by atoms with E-state index in [2.05, 4.69) is 21.2 Å². The summed E-state index contributed by atoms with van der Waals surface area (Å²) in [5.41, 5.74) is 0.723. The Kier molecular flexibility index (Phi) is 4.52. The Bertz CT molecular complexity index is 695. The van der Waals surface area contributed by atoms with Gasteiger partial charge in [-0.15, -0.1) is 0 Å². The quantitative estimate of drug-likeness (QED) is 0.892. The van der Waals surface area contributed by atoms with Gasteiger partial charge in [0.2, 0.25) is 10.0 Å². The zero-order valence-electron chi connectivity index (χ0n) is 11.1. The molecule has 0 bridgehead atoms. The SMILES string of the molecule is CN(C)S(=O)(=O)c1cccc(NCc2ccc(Br)o2)c1. The summed E-state index contributed by atoms with van der Waals surface area (Å²) in [6.45, 7) is 0.483. The van der Waals surface area contributed by atoms with Crippen molar-refractivity contribution in [3.05, 3.63) is 46.8 Å². The van der Waals surface area contributed by atoms with Crippen LogP contribution in [0.5, 0.6) is 0 Å². The standard InChI is InChI=1S/C13H15BrN2O3S/c1-16(2)20(17,18)12-5-3-4-10(8-12)15-9-11-6-7-13(14)19-11/h3-8,15H,9H2,1-2H3. The summed E-state index contributed by atoms with van der Waals surface area (Å²) in [4.78, 5) is 0.258. The largest absolute Gasteiger partial charge is 0.452 e. The fourth-order valence-electron chi connectivity index (χ4n) is 1.61. The molecule has 0 aliphatic rings. The third-order valence-electron chi connectivity index (χ3n) is 2.71. The molecule has 0 fully saturated rings. The minimum atomic E-state index is -3.42. The highest BCUT2D eigenvalue weighted by atomic mass is 79.9. The fourth-order valence-corrected chi connectivity index (χ4v) is 2.90. The minimum absolute atomic E-state index is 0.258. The van der Waals surface area contributed by atoms with E-state index in [0.717, 1.165) is 11.4 Å². The van der Waals surface area contributed by atoms with Crippen LogP contribution in [0.4, 0.5) is 5.69 Å². The lowest BCUT2D eigenvalue weighted by Gasteiger charge is -2.12. The van der Waals surface area contributed by atoms with Crippen molar-refractivity contribution in [3.8, 4) is 0 Å². The Balaban J connectivity index is 2.14. The summed E-state index contributed by atoms with van der Waals surface area (Å²) in [6, 6.07) is 10.3. The number of hydrogen-bond donors (Lipinski definition) is 1. The maximum absolute atomic E-state index is 12.0. The molecule has 0 aliphatic heterocycles. The summed E-state index contributed by atoms with van der Waals surface area (Å²) in [7, 11) is -0.396. The number of anilines is 1. The Morgan fingerprint density at radius 3 is 2.60 bits per heavy atom. The van der Waals surface area contributed by atoms with E-state index in [1.54, 1.807) is 18.2 Å². The molecule has 2 rings (SSSR count). The van der Waals surface area contributed by atoms with Gasteiger partial charge in [-0.2, -0.15) is 0 Å². The van der Waals surface area contributed by atoms with Crippen LogP contribution in [0, 0.1) is 0 Å². The molecule has 1 N–H and O–H groups in total. The molecule has 20 heavy (non-hydrogen) atoms. The van der Waals surface area contributed by atoms with E-state index < -0.39 is 10.0 Å². The van der Waals surface area contributed by atoms with E-state index in [4.69, 9.17) is 4.42 Å². The van der Waals surface area contributed by atoms with Crippen LogP contribution in [0.25, 0.3) is 0 Å². The van der Waals surface area contributed by atoms with Crippen LogP contribution in [0.1, 0.15) is 5.76 Å². The van der Waals surface area contributed by atoms with Gasteiger partial charge < -0.3 is 9.73 Å². The van der Waals surface area contributed by atoms with Crippen LogP contribution in [-0.4, -0.2) is 26.8 Å². The van der Waals surface area contributed by atoms with Crippen molar-refractivity contribution in [1.82, 2.24) is 4.31 Å². The lowest BCUT2D eigenvalue weighted by molar-refractivity contribution is 0.495. The van der Waals surface area contributed by atoms with Crippen LogP contribution in [0.2, 0.25) is 0 Å². The van der Waals surface area contributed by atoms with E-state index in [1.165, 1.54) is 18.4 Å². The molecular weight excluding hydrogens is 344 g/mol. The average molecular weight is 359 g/mol. The molecule has 7 heteroatoms. The molecule has 0 spiro atoms. The second-order valence-electron chi connectivity index (χ2n) is 4.37. The van der Waals surface area contributed by atoms with E-state index in [1.807, 2.05) is 18.2 Å². The lowest BCUT2D eigenvalue weighted by Crippen LogP contribution is -2.22. The van der Waals surface area contributed by atoms with Gasteiger partial charge in [0, 0.05) is 19.8 Å². The molecule has 1 aromatic heterocycles. The molecule has 0 unspecified atom stereocenters. The third kappa shape index (κ3) is 3.41. The maximum Gasteiger partial charge on any atom is 0.242 e. The van der Waals surface area contributed by atoms with Gasteiger partial charge in [0.25, 0.3) is 0 Å². The minimum Gasteiger partial charge on any atom is -0.452 e. The number of halogens is 1. The highest BCUT2D eigenvalue weighted by Gasteiger charge is 2.17. The summed E-state index contributed by atoms with van der Waals surface area (Å²) >= 11 is 3.23. The first-order valence-electron chi connectivity index (χ1n) is 5.90. The number of hydrogen-bond acceptors (Lipinski definition) is 4. The zero-order valence-corrected chi connectivity index (χ0v) is 13.5. The molecule has 0 amide bonds. The summed E-state index contributed by atoms with van der Waals surface area (Å²) in [6.07, 6.45) is 0. The third-order valence-corrected chi connectivity index (χ3v) is 4.95. The second kappa shape index (κ2) is 5.99. The van der Waals surface area contributed by atoms with Crippen molar-refractivity contribution >= 4 is 31.6 Å². The monoisotopic (exact) mass is 358 g/mol. The van der Waals surface area contributed by atoms with Crippen LogP contribution >= 0.6 is 15.9 Å². The Morgan fingerprint density at radius 1 is 1.25 bits per heavy atom. The van der Waals surface area contributed by atoms with E-state index in [9.17, 15) is 8.42 Å². The Labute approximate surface area is 126 Å². The number of benzene rings is 1. The van der Waals surface area contributed by atoms with Crippen LogP contribution < -0.4 is 5.32 Å². The van der Waals surface area contributed by atoms with E-state index in [0.29, 0.717) is 11.2 Å². The zero-order chi connectivity index (χ0) is 14.8. The molecule has 1 heterocycles. The fraction of sp³-hybridized carbons (Fsp3) is 0.231. The molecule has 5 nitrogen and oxygen atoms in total. The number of furan rings is 1. The summed E-state index contributed by atoms with van der Waals surface area (Å²) in [5.74, 6) is 0.762. The molecule has 0 saturated carbocycles. The van der Waals surface area contributed by atoms with Gasteiger partial charge in [0.1, 0.15) is 5.76 Å². The molecule has 0 atom stereocenters. The van der Waals surface area contributed by atoms with Gasteiger partial charge in [-0.3, -0.25) is 0 Å². The number of nitrogens with zero attached hydrogens (tertiary/aromatic N) is 1. The number of sulfonamides is 1. The van der Waals surface area contributed by atoms with Crippen molar-refractivity contribution < 1.29 is 12.8 Å². The number of nitrogens with one attached hydrogen (secondary N) is 1. The summed E-state index contributed by atoms with van der Waals surface area (Å²) in [5, 5.41) is 3.13. The first-order chi connectivity index (χ1) is 9.39. The Morgan fingerprint density at radius 2 is 2.00 bits per heavy atom. The maximum atomic E-state index is 12.0. The summed E-state index contributed by atoms with van der Waals surface area (Å²) < 4.78 is 31.3. The van der Waals surface area contributed by atoms with Gasteiger partial charge in [0.15, 0.2) is 4.67 Å². The average Bonchev–Trinajstić information content (AvgIpc) is 2.82. The first-order valence-corrected chi connectivity index (χ1v) is 8.13. The molecular formula is C13H15BrN2O3S. The normalized spacial score (nSPS) is 11.8. The van der Waals surface area contributed by atoms with Crippen molar-refractivity contribution in [2.75, 3.05) is 19.4 Å². The van der Waals surface area contributed by atoms with Gasteiger partial charge in [-0.1, -0.05) is 6.07 Å². The molecule has 108 valence electrons. The molecule has 0 radical (unpaired) electrons. The highest BCUT2D eigenvalue weighted by molar-refractivity contribution is 9.10. The smallest absolute Gasteiger partial charge is 0.242 e. The van der Waals surface area contributed by atoms with Crippen LogP contribution in [0.15, 0.2) is 50.4 Å². The molecule has 0 aliphatic carbocycles. The van der Waals surface area contributed by atoms with Crippen LogP contribution in [-0.2, 0) is 16.6 Å². The Hall–Kier alpha value is -1.31. The first kappa shape index (κ1) is 15.1. The molecule has 2 aromatic rings.